The number of halogens is 1. The summed E-state index contributed by atoms with van der Waals surface area (Å²) in [6, 6.07) is 13.0. The molecule has 8 heteroatoms. The average molecular weight is 423 g/mol. The average Bonchev–Trinajstić information content (AvgIpc) is 2.93. The lowest BCUT2D eigenvalue weighted by molar-refractivity contribution is 0.0974. The number of ether oxygens (including phenoxy) is 1. The molecule has 130 valence electrons. The van der Waals surface area contributed by atoms with Gasteiger partial charge in [-0.25, -0.2) is 13.1 Å². The number of sulfonamides is 1. The van der Waals surface area contributed by atoms with Gasteiger partial charge in [-0.15, -0.1) is 0 Å². The number of carbonyl (C=O) groups excluding carboxylic acids is 1. The van der Waals surface area contributed by atoms with E-state index in [4.69, 9.17) is 4.74 Å². The third-order valence-corrected chi connectivity index (χ3v) is 5.90. The van der Waals surface area contributed by atoms with E-state index in [1.54, 1.807) is 17.7 Å². The lowest BCUT2D eigenvalue weighted by Gasteiger charge is -2.08. The van der Waals surface area contributed by atoms with E-state index < -0.39 is 15.9 Å². The predicted molar refractivity (Wildman–Crippen MR) is 98.3 cm³/mol. The largest absolute Gasteiger partial charge is 0.497 e. The molecule has 2 aromatic carbocycles. The standard InChI is InChI=1S/C17H15BrN2O4S/c1-20-15-5-3-4-14(18)13(15)10-16(20)17(21)19-25(22,23)12-8-6-11(24-2)7-9-12/h3-10H,1-2H3,(H,19,21). The summed E-state index contributed by atoms with van der Waals surface area (Å²) in [6.07, 6.45) is 0. The second kappa shape index (κ2) is 6.53. The molecule has 3 aromatic rings. The molecule has 0 aliphatic rings. The highest BCUT2D eigenvalue weighted by Crippen LogP contribution is 2.26. The molecular weight excluding hydrogens is 408 g/mol. The number of rotatable bonds is 4. The van der Waals surface area contributed by atoms with Crippen molar-refractivity contribution in [2.45, 2.75) is 4.90 Å². The van der Waals surface area contributed by atoms with E-state index in [1.807, 2.05) is 18.2 Å². The Balaban J connectivity index is 1.93. The number of amides is 1. The van der Waals surface area contributed by atoms with Crippen molar-refractivity contribution in [1.29, 1.82) is 0 Å². The van der Waals surface area contributed by atoms with E-state index >= 15 is 0 Å². The van der Waals surface area contributed by atoms with E-state index in [0.29, 0.717) is 5.75 Å². The summed E-state index contributed by atoms with van der Waals surface area (Å²) in [7, 11) is -0.776. The first-order valence-corrected chi connectivity index (χ1v) is 9.56. The zero-order valence-corrected chi connectivity index (χ0v) is 15.9. The fourth-order valence-electron chi connectivity index (χ4n) is 2.53. The molecule has 0 unspecified atom stereocenters. The number of hydrogen-bond donors (Lipinski definition) is 1. The number of hydrogen-bond acceptors (Lipinski definition) is 4. The Morgan fingerprint density at radius 3 is 2.44 bits per heavy atom. The minimum Gasteiger partial charge on any atom is -0.497 e. The van der Waals surface area contributed by atoms with Crippen LogP contribution in [0.4, 0.5) is 0 Å². The maximum absolute atomic E-state index is 12.5. The van der Waals surface area contributed by atoms with Gasteiger partial charge in [-0.05, 0) is 42.5 Å². The quantitative estimate of drug-likeness (QED) is 0.700. The lowest BCUT2D eigenvalue weighted by atomic mass is 10.2. The lowest BCUT2D eigenvalue weighted by Crippen LogP contribution is -2.31. The number of carbonyl (C=O) groups is 1. The number of aromatic nitrogens is 1. The van der Waals surface area contributed by atoms with Gasteiger partial charge in [-0.1, -0.05) is 22.0 Å². The molecular formula is C17H15BrN2O4S. The van der Waals surface area contributed by atoms with Crippen molar-refractivity contribution in [1.82, 2.24) is 9.29 Å². The van der Waals surface area contributed by atoms with Crippen molar-refractivity contribution in [2.75, 3.05) is 7.11 Å². The first-order valence-electron chi connectivity index (χ1n) is 7.28. The Kier molecular flexibility index (Phi) is 4.57. The van der Waals surface area contributed by atoms with Crippen molar-refractivity contribution in [3.8, 4) is 5.75 Å². The smallest absolute Gasteiger partial charge is 0.281 e. The molecule has 0 saturated heterocycles. The van der Waals surface area contributed by atoms with Gasteiger partial charge in [0.1, 0.15) is 11.4 Å². The number of benzene rings is 2. The first-order chi connectivity index (χ1) is 11.8. The van der Waals surface area contributed by atoms with Crippen molar-refractivity contribution >= 4 is 42.8 Å². The van der Waals surface area contributed by atoms with E-state index in [9.17, 15) is 13.2 Å². The minimum atomic E-state index is -3.98. The molecule has 0 bridgehead atoms. The van der Waals surface area contributed by atoms with Gasteiger partial charge in [0.15, 0.2) is 0 Å². The summed E-state index contributed by atoms with van der Waals surface area (Å²) in [5.74, 6) is -0.162. The van der Waals surface area contributed by atoms with Crippen LogP contribution in [0.15, 0.2) is 57.9 Å². The summed E-state index contributed by atoms with van der Waals surface area (Å²) in [4.78, 5) is 12.5. The van der Waals surface area contributed by atoms with E-state index in [-0.39, 0.29) is 10.6 Å². The monoisotopic (exact) mass is 422 g/mol. The van der Waals surface area contributed by atoms with Crippen LogP contribution in [-0.2, 0) is 17.1 Å². The number of methoxy groups -OCH3 is 1. The molecule has 6 nitrogen and oxygen atoms in total. The van der Waals surface area contributed by atoms with Crippen molar-refractivity contribution < 1.29 is 17.9 Å². The van der Waals surface area contributed by atoms with Crippen LogP contribution in [0.3, 0.4) is 0 Å². The van der Waals surface area contributed by atoms with Gasteiger partial charge in [-0.2, -0.15) is 0 Å². The molecule has 0 aliphatic heterocycles. The van der Waals surface area contributed by atoms with Gasteiger partial charge in [0.2, 0.25) is 0 Å². The summed E-state index contributed by atoms with van der Waals surface area (Å²) in [5.41, 5.74) is 1.07. The Bertz CT molecular complexity index is 1060. The van der Waals surface area contributed by atoms with Crippen molar-refractivity contribution in [3.05, 3.63) is 58.7 Å². The van der Waals surface area contributed by atoms with Crippen LogP contribution in [0.1, 0.15) is 10.5 Å². The normalized spacial score (nSPS) is 11.5. The second-order valence-electron chi connectivity index (χ2n) is 5.37. The molecule has 1 amide bonds. The Morgan fingerprint density at radius 1 is 1.16 bits per heavy atom. The third-order valence-electron chi connectivity index (χ3n) is 3.86. The van der Waals surface area contributed by atoms with E-state index in [1.165, 1.54) is 31.4 Å². The maximum Gasteiger partial charge on any atom is 0.281 e. The number of aryl methyl sites for hydroxylation is 1. The van der Waals surface area contributed by atoms with Crippen LogP contribution in [0.5, 0.6) is 5.75 Å². The first kappa shape index (κ1) is 17.5. The molecule has 0 fully saturated rings. The van der Waals surface area contributed by atoms with Crippen LogP contribution >= 0.6 is 15.9 Å². The third kappa shape index (κ3) is 3.27. The number of nitrogens with one attached hydrogen (secondary N) is 1. The second-order valence-corrected chi connectivity index (χ2v) is 7.91. The molecule has 3 rings (SSSR count). The van der Waals surface area contributed by atoms with Crippen LogP contribution in [0.2, 0.25) is 0 Å². The molecule has 1 N–H and O–H groups in total. The molecule has 0 aliphatic carbocycles. The van der Waals surface area contributed by atoms with Crippen molar-refractivity contribution in [3.63, 3.8) is 0 Å². The molecule has 0 radical (unpaired) electrons. The molecule has 0 spiro atoms. The van der Waals surface area contributed by atoms with Gasteiger partial charge >= 0.3 is 0 Å². The van der Waals surface area contributed by atoms with Crippen LogP contribution < -0.4 is 9.46 Å². The zero-order chi connectivity index (χ0) is 18.2. The molecule has 0 saturated carbocycles. The van der Waals surface area contributed by atoms with Crippen LogP contribution in [0, 0.1) is 0 Å². The topological polar surface area (TPSA) is 77.4 Å². The fourth-order valence-corrected chi connectivity index (χ4v) is 3.96. The molecule has 25 heavy (non-hydrogen) atoms. The van der Waals surface area contributed by atoms with Gasteiger partial charge in [0, 0.05) is 22.4 Å². The number of fused-ring (bicyclic) bond motifs is 1. The van der Waals surface area contributed by atoms with E-state index in [0.717, 1.165) is 15.4 Å². The Hall–Kier alpha value is -2.32. The summed E-state index contributed by atoms with van der Waals surface area (Å²) in [5, 5.41) is 0.831. The minimum absolute atomic E-state index is 0.0124. The summed E-state index contributed by atoms with van der Waals surface area (Å²) < 4.78 is 34.4. The van der Waals surface area contributed by atoms with Gasteiger partial charge < -0.3 is 9.30 Å². The Labute approximate surface area is 153 Å². The number of nitrogens with zero attached hydrogens (tertiary/aromatic N) is 1. The molecule has 1 heterocycles. The predicted octanol–water partition coefficient (Wildman–Crippen LogP) is 3.07. The summed E-state index contributed by atoms with van der Waals surface area (Å²) in [6.45, 7) is 0. The van der Waals surface area contributed by atoms with Gasteiger partial charge in [-0.3, -0.25) is 4.79 Å². The van der Waals surface area contributed by atoms with Gasteiger partial charge in [0.05, 0.1) is 12.0 Å². The zero-order valence-electron chi connectivity index (χ0n) is 13.5. The fraction of sp³-hybridized carbons (Fsp3) is 0.118. The molecule has 0 atom stereocenters. The van der Waals surface area contributed by atoms with E-state index in [2.05, 4.69) is 20.7 Å². The van der Waals surface area contributed by atoms with Crippen molar-refractivity contribution in [2.24, 2.45) is 7.05 Å². The highest BCUT2D eigenvalue weighted by Gasteiger charge is 2.22. The maximum atomic E-state index is 12.5. The van der Waals surface area contributed by atoms with Crippen LogP contribution in [-0.4, -0.2) is 26.0 Å². The van der Waals surface area contributed by atoms with Crippen LogP contribution in [0.25, 0.3) is 10.9 Å². The highest BCUT2D eigenvalue weighted by atomic mass is 79.9. The summed E-state index contributed by atoms with van der Waals surface area (Å²) >= 11 is 3.43. The Morgan fingerprint density at radius 2 is 1.84 bits per heavy atom. The van der Waals surface area contributed by atoms with Gasteiger partial charge in [0.25, 0.3) is 15.9 Å². The SMILES string of the molecule is COc1ccc(S(=O)(=O)NC(=O)c2cc3c(Br)cccc3n2C)cc1. The molecule has 1 aromatic heterocycles. The highest BCUT2D eigenvalue weighted by molar-refractivity contribution is 9.10.